The summed E-state index contributed by atoms with van der Waals surface area (Å²) in [4.78, 5) is 0. The number of hydrogen-bond acceptors (Lipinski definition) is 2. The Kier molecular flexibility index (Phi) is 4.87. The van der Waals surface area contributed by atoms with Gasteiger partial charge in [-0.1, -0.05) is 12.1 Å². The first-order chi connectivity index (χ1) is 8.34. The Labute approximate surface area is 104 Å². The predicted molar refractivity (Wildman–Crippen MR) is 71.5 cm³/mol. The van der Waals surface area contributed by atoms with Gasteiger partial charge in [0.1, 0.15) is 5.75 Å². The molecular formula is C15H23NO. The molecule has 1 atom stereocenters. The fourth-order valence-corrected chi connectivity index (χ4v) is 2.44. The summed E-state index contributed by atoms with van der Waals surface area (Å²) in [5.74, 6) is 1.87. The van der Waals surface area contributed by atoms with Crippen molar-refractivity contribution < 1.29 is 4.74 Å². The average Bonchev–Trinajstić information content (AvgIpc) is 2.36. The summed E-state index contributed by atoms with van der Waals surface area (Å²) in [5.41, 5.74) is 1.26. The summed E-state index contributed by atoms with van der Waals surface area (Å²) in [5, 5.41) is 3.46. The highest BCUT2D eigenvalue weighted by Crippen LogP contribution is 2.17. The van der Waals surface area contributed by atoms with E-state index < -0.39 is 0 Å². The zero-order chi connectivity index (χ0) is 11.9. The molecule has 0 bridgehead atoms. The van der Waals surface area contributed by atoms with E-state index in [4.69, 9.17) is 4.74 Å². The molecule has 1 heterocycles. The van der Waals surface area contributed by atoms with E-state index in [-0.39, 0.29) is 0 Å². The van der Waals surface area contributed by atoms with Gasteiger partial charge in [0, 0.05) is 0 Å². The van der Waals surface area contributed by atoms with Gasteiger partial charge in [-0.15, -0.1) is 0 Å². The second-order valence-electron chi connectivity index (χ2n) is 5.02. The lowest BCUT2D eigenvalue weighted by molar-refractivity contribution is 0.275. The summed E-state index contributed by atoms with van der Waals surface area (Å²) in [6, 6.07) is 8.29. The van der Waals surface area contributed by atoms with Crippen molar-refractivity contribution >= 4 is 0 Å². The van der Waals surface area contributed by atoms with Crippen molar-refractivity contribution in [2.45, 2.75) is 32.6 Å². The lowest BCUT2D eigenvalue weighted by atomic mass is 9.95. The van der Waals surface area contributed by atoms with E-state index in [1.54, 1.807) is 0 Å². The Balaban J connectivity index is 1.62. The SMILES string of the molecule is Cc1cccc(OCCCC2CCCNC2)c1. The van der Waals surface area contributed by atoms with Crippen molar-refractivity contribution in [2.75, 3.05) is 19.7 Å². The van der Waals surface area contributed by atoms with Crippen molar-refractivity contribution in [3.8, 4) is 5.75 Å². The molecule has 1 aromatic rings. The van der Waals surface area contributed by atoms with Gasteiger partial charge in [-0.25, -0.2) is 0 Å². The van der Waals surface area contributed by atoms with Gasteiger partial charge in [0.25, 0.3) is 0 Å². The number of aryl methyl sites for hydroxylation is 1. The van der Waals surface area contributed by atoms with Crippen molar-refractivity contribution in [3.63, 3.8) is 0 Å². The second-order valence-corrected chi connectivity index (χ2v) is 5.02. The van der Waals surface area contributed by atoms with Crippen LogP contribution in [0.5, 0.6) is 5.75 Å². The molecule has 94 valence electrons. The highest BCUT2D eigenvalue weighted by molar-refractivity contribution is 5.27. The Morgan fingerprint density at radius 1 is 1.41 bits per heavy atom. The third-order valence-electron chi connectivity index (χ3n) is 3.41. The third-order valence-corrected chi connectivity index (χ3v) is 3.41. The molecule has 1 saturated heterocycles. The first-order valence-corrected chi connectivity index (χ1v) is 6.75. The molecule has 1 aliphatic rings. The molecule has 1 unspecified atom stereocenters. The van der Waals surface area contributed by atoms with E-state index in [0.717, 1.165) is 18.3 Å². The predicted octanol–water partition coefficient (Wildman–Crippen LogP) is 3.15. The molecule has 2 heteroatoms. The van der Waals surface area contributed by atoms with E-state index in [2.05, 4.69) is 30.4 Å². The summed E-state index contributed by atoms with van der Waals surface area (Å²) in [6.07, 6.45) is 5.18. The molecule has 0 spiro atoms. The molecule has 1 aromatic carbocycles. The summed E-state index contributed by atoms with van der Waals surface area (Å²) in [7, 11) is 0. The van der Waals surface area contributed by atoms with Gasteiger partial charge >= 0.3 is 0 Å². The van der Waals surface area contributed by atoms with Crippen molar-refractivity contribution in [1.82, 2.24) is 5.32 Å². The van der Waals surface area contributed by atoms with Crippen molar-refractivity contribution in [3.05, 3.63) is 29.8 Å². The van der Waals surface area contributed by atoms with Gasteiger partial charge < -0.3 is 10.1 Å². The Morgan fingerprint density at radius 3 is 3.12 bits per heavy atom. The average molecular weight is 233 g/mol. The quantitative estimate of drug-likeness (QED) is 0.789. The molecule has 2 nitrogen and oxygen atoms in total. The van der Waals surface area contributed by atoms with Crippen LogP contribution in [-0.4, -0.2) is 19.7 Å². The minimum absolute atomic E-state index is 0.847. The van der Waals surface area contributed by atoms with Crippen LogP contribution in [0, 0.1) is 12.8 Å². The van der Waals surface area contributed by atoms with Crippen LogP contribution >= 0.6 is 0 Å². The number of piperidine rings is 1. The molecule has 0 saturated carbocycles. The van der Waals surface area contributed by atoms with Gasteiger partial charge in [-0.3, -0.25) is 0 Å². The molecule has 2 rings (SSSR count). The smallest absolute Gasteiger partial charge is 0.119 e. The first-order valence-electron chi connectivity index (χ1n) is 6.75. The summed E-state index contributed by atoms with van der Waals surface area (Å²) < 4.78 is 5.76. The van der Waals surface area contributed by atoms with E-state index in [1.807, 2.05) is 6.07 Å². The molecule has 0 aliphatic carbocycles. The van der Waals surface area contributed by atoms with E-state index in [9.17, 15) is 0 Å². The lowest BCUT2D eigenvalue weighted by Crippen LogP contribution is -2.29. The van der Waals surface area contributed by atoms with Crippen LogP contribution in [0.3, 0.4) is 0 Å². The zero-order valence-electron chi connectivity index (χ0n) is 10.7. The molecule has 1 aliphatic heterocycles. The molecular weight excluding hydrogens is 210 g/mol. The minimum Gasteiger partial charge on any atom is -0.494 e. The monoisotopic (exact) mass is 233 g/mol. The molecule has 0 radical (unpaired) electrons. The molecule has 1 fully saturated rings. The number of hydrogen-bond donors (Lipinski definition) is 1. The van der Waals surface area contributed by atoms with Crippen LogP contribution in [0.25, 0.3) is 0 Å². The lowest BCUT2D eigenvalue weighted by Gasteiger charge is -2.22. The summed E-state index contributed by atoms with van der Waals surface area (Å²) >= 11 is 0. The fourth-order valence-electron chi connectivity index (χ4n) is 2.44. The van der Waals surface area contributed by atoms with Crippen LogP contribution in [0.4, 0.5) is 0 Å². The standard InChI is InChI=1S/C15H23NO/c1-13-5-2-8-15(11-13)17-10-4-7-14-6-3-9-16-12-14/h2,5,8,11,14,16H,3-4,6-7,9-10,12H2,1H3. The Hall–Kier alpha value is -1.02. The molecule has 1 N–H and O–H groups in total. The maximum Gasteiger partial charge on any atom is 0.119 e. The van der Waals surface area contributed by atoms with Crippen LogP contribution in [-0.2, 0) is 0 Å². The number of rotatable bonds is 5. The molecule has 17 heavy (non-hydrogen) atoms. The topological polar surface area (TPSA) is 21.3 Å². The van der Waals surface area contributed by atoms with Crippen LogP contribution in [0.1, 0.15) is 31.2 Å². The first kappa shape index (κ1) is 12.4. The third kappa shape index (κ3) is 4.39. The highest BCUT2D eigenvalue weighted by atomic mass is 16.5. The fraction of sp³-hybridized carbons (Fsp3) is 0.600. The van der Waals surface area contributed by atoms with Crippen molar-refractivity contribution in [2.24, 2.45) is 5.92 Å². The number of ether oxygens (including phenoxy) is 1. The number of benzene rings is 1. The molecule has 0 aromatic heterocycles. The van der Waals surface area contributed by atoms with Crippen molar-refractivity contribution in [1.29, 1.82) is 0 Å². The number of nitrogens with one attached hydrogen (secondary N) is 1. The van der Waals surface area contributed by atoms with Gasteiger partial charge in [0.05, 0.1) is 6.61 Å². The normalized spacial score (nSPS) is 20.2. The van der Waals surface area contributed by atoms with E-state index >= 15 is 0 Å². The highest BCUT2D eigenvalue weighted by Gasteiger charge is 2.11. The Morgan fingerprint density at radius 2 is 2.35 bits per heavy atom. The maximum absolute atomic E-state index is 5.76. The summed E-state index contributed by atoms with van der Waals surface area (Å²) in [6.45, 7) is 5.35. The van der Waals surface area contributed by atoms with E-state index in [0.29, 0.717) is 0 Å². The largest absolute Gasteiger partial charge is 0.494 e. The maximum atomic E-state index is 5.76. The van der Waals surface area contributed by atoms with Crippen LogP contribution in [0.2, 0.25) is 0 Å². The van der Waals surface area contributed by atoms with Gasteiger partial charge in [-0.2, -0.15) is 0 Å². The van der Waals surface area contributed by atoms with Crippen LogP contribution < -0.4 is 10.1 Å². The van der Waals surface area contributed by atoms with Crippen LogP contribution in [0.15, 0.2) is 24.3 Å². The van der Waals surface area contributed by atoms with Gasteiger partial charge in [0.2, 0.25) is 0 Å². The second kappa shape index (κ2) is 6.65. The zero-order valence-corrected chi connectivity index (χ0v) is 10.7. The Bertz CT molecular complexity index is 331. The van der Waals surface area contributed by atoms with E-state index in [1.165, 1.54) is 44.3 Å². The van der Waals surface area contributed by atoms with Gasteiger partial charge in [-0.05, 0) is 69.3 Å². The molecule has 0 amide bonds. The van der Waals surface area contributed by atoms with Gasteiger partial charge in [0.15, 0.2) is 0 Å². The minimum atomic E-state index is 0.847.